The largest absolute Gasteiger partial charge is 0.312 e. The molecule has 0 radical (unpaired) electrons. The van der Waals surface area contributed by atoms with Crippen molar-refractivity contribution in [1.29, 1.82) is 0 Å². The first-order valence-electron chi connectivity index (χ1n) is 6.50. The minimum atomic E-state index is 0.132. The number of aromatic nitrogens is 4. The van der Waals surface area contributed by atoms with Crippen LogP contribution >= 0.6 is 0 Å². The topological polar surface area (TPSA) is 55.6 Å². The van der Waals surface area contributed by atoms with Gasteiger partial charge in [0.2, 0.25) is 0 Å². The fourth-order valence-electron chi connectivity index (χ4n) is 2.64. The van der Waals surface area contributed by atoms with Crippen LogP contribution in [0.2, 0.25) is 0 Å². The molecular weight excluding hydrogens is 226 g/mol. The van der Waals surface area contributed by atoms with Crippen molar-refractivity contribution in [1.82, 2.24) is 25.1 Å². The predicted molar refractivity (Wildman–Crippen MR) is 66.1 cm³/mol. The lowest BCUT2D eigenvalue weighted by Crippen LogP contribution is -2.34. The third-order valence-corrected chi connectivity index (χ3v) is 3.71. The molecule has 1 atom stereocenters. The smallest absolute Gasteiger partial charge is 0.154 e. The molecule has 1 aliphatic carbocycles. The highest BCUT2D eigenvalue weighted by Gasteiger charge is 2.33. The van der Waals surface area contributed by atoms with Gasteiger partial charge in [-0.2, -0.15) is 0 Å². The Morgan fingerprint density at radius 3 is 2.89 bits per heavy atom. The molecule has 1 aliphatic heterocycles. The molecule has 1 N–H and O–H groups in total. The second kappa shape index (κ2) is 3.88. The minimum Gasteiger partial charge on any atom is -0.312 e. The molecule has 18 heavy (non-hydrogen) atoms. The zero-order valence-corrected chi connectivity index (χ0v) is 10.1. The van der Waals surface area contributed by atoms with Gasteiger partial charge < -0.3 is 9.88 Å². The van der Waals surface area contributed by atoms with Crippen LogP contribution in [-0.4, -0.2) is 26.3 Å². The summed E-state index contributed by atoms with van der Waals surface area (Å²) >= 11 is 0. The van der Waals surface area contributed by atoms with Crippen molar-refractivity contribution in [3.63, 3.8) is 0 Å². The van der Waals surface area contributed by atoms with Gasteiger partial charge in [-0.15, -0.1) is 10.2 Å². The van der Waals surface area contributed by atoms with Gasteiger partial charge >= 0.3 is 0 Å². The quantitative estimate of drug-likeness (QED) is 0.859. The molecule has 0 saturated heterocycles. The van der Waals surface area contributed by atoms with Gasteiger partial charge in [-0.25, -0.2) is 0 Å². The number of rotatable bonds is 2. The zero-order valence-electron chi connectivity index (χ0n) is 10.1. The molecule has 2 aromatic rings. The maximum Gasteiger partial charge on any atom is 0.154 e. The lowest BCUT2D eigenvalue weighted by atomic mass is 10.1. The lowest BCUT2D eigenvalue weighted by molar-refractivity contribution is 0.447. The van der Waals surface area contributed by atoms with Gasteiger partial charge in [-0.1, -0.05) is 6.07 Å². The molecule has 0 aromatic carbocycles. The average Bonchev–Trinajstić information content (AvgIpc) is 3.19. The van der Waals surface area contributed by atoms with Crippen LogP contribution in [0.3, 0.4) is 0 Å². The highest BCUT2D eigenvalue weighted by Crippen LogP contribution is 2.40. The second-order valence-electron chi connectivity index (χ2n) is 5.02. The first-order valence-corrected chi connectivity index (χ1v) is 6.50. The Labute approximate surface area is 105 Å². The van der Waals surface area contributed by atoms with Crippen molar-refractivity contribution in [3.8, 4) is 0 Å². The molecule has 3 heterocycles. The van der Waals surface area contributed by atoms with Crippen molar-refractivity contribution >= 4 is 0 Å². The van der Waals surface area contributed by atoms with Crippen LogP contribution in [0.25, 0.3) is 0 Å². The second-order valence-corrected chi connectivity index (χ2v) is 5.02. The Balaban J connectivity index is 1.76. The van der Waals surface area contributed by atoms with Crippen LogP contribution in [-0.2, 0) is 6.54 Å². The molecule has 1 saturated carbocycles. The number of fused-ring (bicyclic) bond motifs is 1. The number of nitrogens with zero attached hydrogens (tertiary/aromatic N) is 4. The molecule has 5 heteroatoms. The summed E-state index contributed by atoms with van der Waals surface area (Å²) in [6, 6.07) is 4.19. The molecule has 0 amide bonds. The van der Waals surface area contributed by atoms with Crippen LogP contribution in [0.5, 0.6) is 0 Å². The van der Waals surface area contributed by atoms with E-state index >= 15 is 0 Å². The van der Waals surface area contributed by atoms with Crippen LogP contribution in [0.4, 0.5) is 0 Å². The van der Waals surface area contributed by atoms with Gasteiger partial charge in [0.15, 0.2) is 5.82 Å². The number of nitrogens with one attached hydrogen (secondary N) is 1. The summed E-state index contributed by atoms with van der Waals surface area (Å²) in [7, 11) is 0. The molecule has 2 aromatic heterocycles. The van der Waals surface area contributed by atoms with Crippen LogP contribution in [0.1, 0.15) is 42.0 Å². The summed E-state index contributed by atoms with van der Waals surface area (Å²) in [5, 5.41) is 12.3. The maximum absolute atomic E-state index is 4.40. The van der Waals surface area contributed by atoms with Gasteiger partial charge in [-0.3, -0.25) is 4.98 Å². The Bertz CT molecular complexity index is 558. The molecule has 1 fully saturated rings. The average molecular weight is 241 g/mol. The minimum absolute atomic E-state index is 0.132. The van der Waals surface area contributed by atoms with Crippen molar-refractivity contribution in [3.05, 3.63) is 41.7 Å². The van der Waals surface area contributed by atoms with Crippen molar-refractivity contribution in [2.75, 3.05) is 6.54 Å². The van der Waals surface area contributed by atoms with Gasteiger partial charge in [0.1, 0.15) is 5.82 Å². The summed E-state index contributed by atoms with van der Waals surface area (Å²) in [6.07, 6.45) is 6.23. The molecule has 5 nitrogen and oxygen atoms in total. The highest BCUT2D eigenvalue weighted by atomic mass is 15.3. The van der Waals surface area contributed by atoms with Crippen LogP contribution < -0.4 is 5.32 Å². The standard InChI is InChI=1S/C13H15N5/c1-2-10(8-14-5-1)11-13-17-16-12(9-3-4-9)18(13)7-6-15-11/h1-2,5,8-9,11,15H,3-4,6-7H2. The number of hydrogen-bond donors (Lipinski definition) is 1. The van der Waals surface area contributed by atoms with Gasteiger partial charge in [0, 0.05) is 31.4 Å². The molecule has 4 rings (SSSR count). The third kappa shape index (κ3) is 1.54. The summed E-state index contributed by atoms with van der Waals surface area (Å²) in [5.74, 6) is 2.87. The van der Waals surface area contributed by atoms with E-state index in [2.05, 4.69) is 31.1 Å². The summed E-state index contributed by atoms with van der Waals surface area (Å²) in [6.45, 7) is 1.94. The van der Waals surface area contributed by atoms with E-state index in [0.29, 0.717) is 5.92 Å². The Hall–Kier alpha value is -1.75. The van der Waals surface area contributed by atoms with E-state index in [0.717, 1.165) is 24.5 Å². The van der Waals surface area contributed by atoms with E-state index in [1.807, 2.05) is 12.3 Å². The Kier molecular flexibility index (Phi) is 2.20. The highest BCUT2D eigenvalue weighted by molar-refractivity contribution is 5.24. The van der Waals surface area contributed by atoms with Crippen LogP contribution in [0.15, 0.2) is 24.5 Å². The lowest BCUT2D eigenvalue weighted by Gasteiger charge is -2.25. The molecule has 2 aliphatic rings. The van der Waals surface area contributed by atoms with Crippen molar-refractivity contribution in [2.24, 2.45) is 0 Å². The predicted octanol–water partition coefficient (Wildman–Crippen LogP) is 1.24. The van der Waals surface area contributed by atoms with Crippen LogP contribution in [0, 0.1) is 0 Å². The number of hydrogen-bond acceptors (Lipinski definition) is 4. The van der Waals surface area contributed by atoms with E-state index in [4.69, 9.17) is 0 Å². The van der Waals surface area contributed by atoms with Gasteiger partial charge in [-0.05, 0) is 24.5 Å². The van der Waals surface area contributed by atoms with E-state index in [1.54, 1.807) is 6.20 Å². The number of pyridine rings is 1. The van der Waals surface area contributed by atoms with Crippen molar-refractivity contribution in [2.45, 2.75) is 31.3 Å². The molecular formula is C13H15N5. The van der Waals surface area contributed by atoms with Gasteiger partial charge in [0.25, 0.3) is 0 Å². The monoisotopic (exact) mass is 241 g/mol. The fourth-order valence-corrected chi connectivity index (χ4v) is 2.64. The Morgan fingerprint density at radius 1 is 1.22 bits per heavy atom. The third-order valence-electron chi connectivity index (χ3n) is 3.71. The molecule has 0 bridgehead atoms. The SMILES string of the molecule is c1cncc(C2NCCn3c(C4CC4)nnc32)c1. The Morgan fingerprint density at radius 2 is 2.11 bits per heavy atom. The van der Waals surface area contributed by atoms with E-state index in [9.17, 15) is 0 Å². The molecule has 0 spiro atoms. The van der Waals surface area contributed by atoms with E-state index in [-0.39, 0.29) is 6.04 Å². The first kappa shape index (κ1) is 10.2. The molecule has 1 unspecified atom stereocenters. The zero-order chi connectivity index (χ0) is 11.9. The first-order chi connectivity index (χ1) is 8.93. The summed E-state index contributed by atoms with van der Waals surface area (Å²) in [4.78, 5) is 4.19. The normalized spacial score (nSPS) is 22.8. The summed E-state index contributed by atoms with van der Waals surface area (Å²) < 4.78 is 2.30. The van der Waals surface area contributed by atoms with Gasteiger partial charge in [0.05, 0.1) is 6.04 Å². The van der Waals surface area contributed by atoms with E-state index < -0.39 is 0 Å². The molecule has 92 valence electrons. The van der Waals surface area contributed by atoms with E-state index in [1.165, 1.54) is 18.7 Å². The summed E-state index contributed by atoms with van der Waals surface area (Å²) in [5.41, 5.74) is 1.16. The van der Waals surface area contributed by atoms with Crippen molar-refractivity contribution < 1.29 is 0 Å². The fraction of sp³-hybridized carbons (Fsp3) is 0.462. The maximum atomic E-state index is 4.40.